The molecule has 1 aliphatic carbocycles. The van der Waals surface area contributed by atoms with Gasteiger partial charge in [-0.1, -0.05) is 18.2 Å². The first-order valence-electron chi connectivity index (χ1n) is 8.59. The van der Waals surface area contributed by atoms with Crippen molar-refractivity contribution >= 4 is 6.29 Å². The summed E-state index contributed by atoms with van der Waals surface area (Å²) >= 11 is 0. The molecule has 1 aromatic carbocycles. The number of piperidine rings is 1. The molecule has 0 bridgehead atoms. The number of rotatable bonds is 4. The molecule has 0 amide bonds. The summed E-state index contributed by atoms with van der Waals surface area (Å²) in [6.07, 6.45) is -0.495. The Balaban J connectivity index is 0.000000181. The zero-order chi connectivity index (χ0) is 18.4. The SMILES string of the molecule is CNC1CCN(CC(F)(F)F)CC1.NC1CC1c1cccc(C=O)c1. The van der Waals surface area contributed by atoms with E-state index >= 15 is 0 Å². The first-order valence-corrected chi connectivity index (χ1v) is 8.59. The van der Waals surface area contributed by atoms with Gasteiger partial charge in [0.2, 0.25) is 0 Å². The van der Waals surface area contributed by atoms with Crippen LogP contribution in [-0.2, 0) is 0 Å². The first kappa shape index (κ1) is 19.9. The molecule has 2 atom stereocenters. The number of halogens is 3. The minimum Gasteiger partial charge on any atom is -0.327 e. The van der Waals surface area contributed by atoms with E-state index < -0.39 is 12.7 Å². The van der Waals surface area contributed by atoms with E-state index in [0.29, 0.717) is 31.1 Å². The maximum Gasteiger partial charge on any atom is 0.401 e. The van der Waals surface area contributed by atoms with Gasteiger partial charge >= 0.3 is 6.18 Å². The number of carbonyl (C=O) groups excluding carboxylic acids is 1. The van der Waals surface area contributed by atoms with E-state index in [1.54, 1.807) is 0 Å². The molecule has 0 aromatic heterocycles. The van der Waals surface area contributed by atoms with Crippen molar-refractivity contribution in [2.75, 3.05) is 26.7 Å². The molecule has 1 saturated heterocycles. The summed E-state index contributed by atoms with van der Waals surface area (Å²) in [5.74, 6) is 0.491. The van der Waals surface area contributed by atoms with Crippen LogP contribution in [0.25, 0.3) is 0 Å². The monoisotopic (exact) mass is 357 g/mol. The Hall–Kier alpha value is -1.44. The van der Waals surface area contributed by atoms with Gasteiger partial charge in [0.25, 0.3) is 0 Å². The maximum atomic E-state index is 12.0. The molecule has 140 valence electrons. The molecule has 2 unspecified atom stereocenters. The van der Waals surface area contributed by atoms with E-state index in [2.05, 4.69) is 5.32 Å². The number of nitrogens with two attached hydrogens (primary N) is 1. The van der Waals surface area contributed by atoms with Gasteiger partial charge in [-0.3, -0.25) is 9.69 Å². The molecule has 25 heavy (non-hydrogen) atoms. The fourth-order valence-electron chi connectivity index (χ4n) is 3.09. The summed E-state index contributed by atoms with van der Waals surface area (Å²) in [4.78, 5) is 11.9. The lowest BCUT2D eigenvalue weighted by atomic mass is 10.1. The van der Waals surface area contributed by atoms with Gasteiger partial charge in [-0.2, -0.15) is 13.2 Å². The van der Waals surface area contributed by atoms with Gasteiger partial charge in [-0.25, -0.2) is 0 Å². The highest BCUT2D eigenvalue weighted by molar-refractivity contribution is 5.75. The van der Waals surface area contributed by atoms with Crippen molar-refractivity contribution in [1.29, 1.82) is 0 Å². The number of nitrogens with one attached hydrogen (secondary N) is 1. The molecule has 1 saturated carbocycles. The van der Waals surface area contributed by atoms with Crippen LogP contribution in [0, 0.1) is 0 Å². The second-order valence-corrected chi connectivity index (χ2v) is 6.75. The normalized spacial score (nSPS) is 24.4. The third-order valence-corrected chi connectivity index (χ3v) is 4.71. The Morgan fingerprint density at radius 1 is 1.32 bits per heavy atom. The van der Waals surface area contributed by atoms with Crippen molar-refractivity contribution in [2.24, 2.45) is 5.73 Å². The summed E-state index contributed by atoms with van der Waals surface area (Å²) in [5, 5.41) is 3.08. The highest BCUT2D eigenvalue weighted by Gasteiger charge is 2.34. The zero-order valence-electron chi connectivity index (χ0n) is 14.4. The molecule has 7 heteroatoms. The number of hydrogen-bond acceptors (Lipinski definition) is 4. The minimum atomic E-state index is -4.05. The van der Waals surface area contributed by atoms with Crippen LogP contribution in [0.4, 0.5) is 13.2 Å². The number of benzene rings is 1. The average molecular weight is 357 g/mol. The number of alkyl halides is 3. The quantitative estimate of drug-likeness (QED) is 0.813. The molecule has 2 aliphatic rings. The van der Waals surface area contributed by atoms with Crippen molar-refractivity contribution in [1.82, 2.24) is 10.2 Å². The number of carbonyl (C=O) groups is 1. The minimum absolute atomic E-state index is 0.312. The molecule has 1 aliphatic heterocycles. The van der Waals surface area contributed by atoms with E-state index in [1.165, 1.54) is 10.5 Å². The van der Waals surface area contributed by atoms with Crippen LogP contribution < -0.4 is 11.1 Å². The Kier molecular flexibility index (Phi) is 6.98. The second kappa shape index (κ2) is 8.78. The smallest absolute Gasteiger partial charge is 0.327 e. The van der Waals surface area contributed by atoms with E-state index in [1.807, 2.05) is 31.3 Å². The van der Waals surface area contributed by atoms with Gasteiger partial charge < -0.3 is 11.1 Å². The van der Waals surface area contributed by atoms with E-state index in [4.69, 9.17) is 5.73 Å². The predicted molar refractivity (Wildman–Crippen MR) is 91.7 cm³/mol. The van der Waals surface area contributed by atoms with Crippen LogP contribution in [0.3, 0.4) is 0 Å². The first-order chi connectivity index (χ1) is 11.8. The van der Waals surface area contributed by atoms with Crippen LogP contribution in [0.5, 0.6) is 0 Å². The number of nitrogens with zero attached hydrogens (tertiary/aromatic N) is 1. The van der Waals surface area contributed by atoms with E-state index in [0.717, 1.165) is 31.1 Å². The highest BCUT2D eigenvalue weighted by atomic mass is 19.4. The Morgan fingerprint density at radius 2 is 1.96 bits per heavy atom. The zero-order valence-corrected chi connectivity index (χ0v) is 14.4. The van der Waals surface area contributed by atoms with Crippen LogP contribution in [0.2, 0.25) is 0 Å². The van der Waals surface area contributed by atoms with Crippen molar-refractivity contribution in [3.8, 4) is 0 Å². The largest absolute Gasteiger partial charge is 0.401 e. The van der Waals surface area contributed by atoms with Gasteiger partial charge in [0.1, 0.15) is 6.29 Å². The molecule has 0 spiro atoms. The Labute approximate surface area is 146 Å². The molecule has 3 rings (SSSR count). The predicted octanol–water partition coefficient (Wildman–Crippen LogP) is 2.55. The lowest BCUT2D eigenvalue weighted by Gasteiger charge is -2.32. The Bertz CT molecular complexity index is 557. The van der Waals surface area contributed by atoms with E-state index in [-0.39, 0.29) is 0 Å². The molecular formula is C18H26F3N3O. The topological polar surface area (TPSA) is 58.4 Å². The Morgan fingerprint density at radius 3 is 2.44 bits per heavy atom. The van der Waals surface area contributed by atoms with Crippen molar-refractivity contribution in [2.45, 2.75) is 43.4 Å². The summed E-state index contributed by atoms with van der Waals surface area (Å²) in [6.45, 7) is 0.333. The van der Waals surface area contributed by atoms with Gasteiger partial charge in [0, 0.05) is 23.6 Å². The van der Waals surface area contributed by atoms with Crippen molar-refractivity contribution in [3.05, 3.63) is 35.4 Å². The molecule has 0 radical (unpaired) electrons. The second-order valence-electron chi connectivity index (χ2n) is 6.75. The summed E-state index contributed by atoms with van der Waals surface area (Å²) in [5.41, 5.74) is 7.64. The van der Waals surface area contributed by atoms with Gasteiger partial charge in [-0.15, -0.1) is 0 Å². The third-order valence-electron chi connectivity index (χ3n) is 4.71. The summed E-state index contributed by atoms with van der Waals surface area (Å²) in [6, 6.07) is 8.38. The maximum absolute atomic E-state index is 12.0. The summed E-state index contributed by atoms with van der Waals surface area (Å²) in [7, 11) is 1.85. The molecule has 2 fully saturated rings. The van der Waals surface area contributed by atoms with Crippen LogP contribution >= 0.6 is 0 Å². The van der Waals surface area contributed by atoms with Crippen molar-refractivity contribution < 1.29 is 18.0 Å². The molecule has 3 N–H and O–H groups in total. The van der Waals surface area contributed by atoms with Gasteiger partial charge in [0.15, 0.2) is 0 Å². The number of hydrogen-bond donors (Lipinski definition) is 2. The fraction of sp³-hybridized carbons (Fsp3) is 0.611. The van der Waals surface area contributed by atoms with Crippen LogP contribution in [0.15, 0.2) is 24.3 Å². The summed E-state index contributed by atoms with van der Waals surface area (Å²) < 4.78 is 35.9. The highest BCUT2D eigenvalue weighted by Crippen LogP contribution is 2.38. The average Bonchev–Trinajstić information content (AvgIpc) is 3.32. The number of aldehydes is 1. The molecule has 1 aromatic rings. The molecule has 4 nitrogen and oxygen atoms in total. The lowest BCUT2D eigenvalue weighted by molar-refractivity contribution is -0.148. The van der Waals surface area contributed by atoms with Gasteiger partial charge in [-0.05, 0) is 51.0 Å². The standard InChI is InChI=1S/C10H11NO.C8H15F3N2/c11-10-5-9(10)8-3-1-2-7(4-8)6-12;1-12-7-2-4-13(5-3-7)6-8(9,10)11/h1-4,6,9-10H,5,11H2;7,12H,2-6H2,1H3. The fourth-order valence-corrected chi connectivity index (χ4v) is 3.09. The van der Waals surface area contributed by atoms with Gasteiger partial charge in [0.05, 0.1) is 6.54 Å². The van der Waals surface area contributed by atoms with E-state index in [9.17, 15) is 18.0 Å². The van der Waals surface area contributed by atoms with Crippen LogP contribution in [-0.4, -0.2) is 56.1 Å². The number of likely N-dealkylation sites (tertiary alicyclic amines) is 1. The van der Waals surface area contributed by atoms with Crippen LogP contribution in [0.1, 0.15) is 41.1 Å². The van der Waals surface area contributed by atoms with Crippen molar-refractivity contribution in [3.63, 3.8) is 0 Å². The molecular weight excluding hydrogens is 331 g/mol. The lowest BCUT2D eigenvalue weighted by Crippen LogP contribution is -2.44. The molecule has 1 heterocycles. The third kappa shape index (κ3) is 6.76.